The Balaban J connectivity index is 2.13. The molecule has 16 heavy (non-hydrogen) atoms. The summed E-state index contributed by atoms with van der Waals surface area (Å²) >= 11 is 0. The van der Waals surface area contributed by atoms with Gasteiger partial charge in [0.25, 0.3) is 0 Å². The van der Waals surface area contributed by atoms with Crippen LogP contribution in [-0.2, 0) is 4.74 Å². The predicted octanol–water partition coefficient (Wildman–Crippen LogP) is 0.315. The van der Waals surface area contributed by atoms with Crippen molar-refractivity contribution in [3.63, 3.8) is 0 Å². The fraction of sp³-hybridized carbons (Fsp3) is 1.00. The van der Waals surface area contributed by atoms with Gasteiger partial charge in [0.05, 0.1) is 6.10 Å². The summed E-state index contributed by atoms with van der Waals surface area (Å²) in [6.07, 6.45) is 1.95. The van der Waals surface area contributed by atoms with Crippen molar-refractivity contribution >= 4 is 0 Å². The van der Waals surface area contributed by atoms with E-state index >= 15 is 0 Å². The maximum atomic E-state index is 9.70. The summed E-state index contributed by atoms with van der Waals surface area (Å²) in [5.74, 6) is 0. The van der Waals surface area contributed by atoms with Gasteiger partial charge in [0, 0.05) is 32.8 Å². The van der Waals surface area contributed by atoms with Crippen LogP contribution in [0.1, 0.15) is 19.8 Å². The fourth-order valence-electron chi connectivity index (χ4n) is 2.07. The summed E-state index contributed by atoms with van der Waals surface area (Å²) < 4.78 is 5.36. The Morgan fingerprint density at radius 1 is 1.38 bits per heavy atom. The zero-order valence-corrected chi connectivity index (χ0v) is 10.8. The van der Waals surface area contributed by atoms with Crippen molar-refractivity contribution in [2.75, 3.05) is 46.9 Å². The molecule has 0 saturated carbocycles. The zero-order chi connectivity index (χ0) is 12.0. The monoisotopic (exact) mass is 230 g/mol. The quantitative estimate of drug-likeness (QED) is 0.689. The van der Waals surface area contributed by atoms with E-state index in [1.165, 1.54) is 0 Å². The molecule has 4 nitrogen and oxygen atoms in total. The second kappa shape index (κ2) is 6.55. The van der Waals surface area contributed by atoms with Gasteiger partial charge in [0.1, 0.15) is 0 Å². The first kappa shape index (κ1) is 13.9. The van der Waals surface area contributed by atoms with Gasteiger partial charge in [-0.15, -0.1) is 0 Å². The molecule has 0 radical (unpaired) electrons. The van der Waals surface area contributed by atoms with Gasteiger partial charge in [-0.1, -0.05) is 6.92 Å². The molecule has 1 saturated heterocycles. The Hall–Kier alpha value is -0.160. The van der Waals surface area contributed by atoms with Crippen molar-refractivity contribution in [2.45, 2.75) is 25.9 Å². The third-order valence-electron chi connectivity index (χ3n) is 3.21. The molecule has 0 aliphatic carbocycles. The number of hydrogen-bond donors (Lipinski definition) is 2. The maximum absolute atomic E-state index is 9.70. The lowest BCUT2D eigenvalue weighted by Crippen LogP contribution is -2.41. The first-order valence-corrected chi connectivity index (χ1v) is 6.13. The number of nitrogens with one attached hydrogen (secondary N) is 1. The topological polar surface area (TPSA) is 44.7 Å². The minimum Gasteiger partial charge on any atom is -0.390 e. The molecule has 1 atom stereocenters. The average molecular weight is 230 g/mol. The molecule has 1 unspecified atom stereocenters. The van der Waals surface area contributed by atoms with Gasteiger partial charge in [-0.25, -0.2) is 0 Å². The number of aliphatic hydroxyl groups is 1. The Labute approximate surface area is 99.0 Å². The number of likely N-dealkylation sites (N-methyl/N-ethyl adjacent to an activating group) is 1. The molecule has 2 N–H and O–H groups in total. The van der Waals surface area contributed by atoms with E-state index in [1.807, 2.05) is 19.0 Å². The van der Waals surface area contributed by atoms with Crippen molar-refractivity contribution < 1.29 is 9.84 Å². The lowest BCUT2D eigenvalue weighted by atomic mass is 9.82. The van der Waals surface area contributed by atoms with Crippen LogP contribution >= 0.6 is 0 Å². The van der Waals surface area contributed by atoms with E-state index in [-0.39, 0.29) is 6.10 Å². The summed E-state index contributed by atoms with van der Waals surface area (Å²) in [5.41, 5.74) is 0.343. The molecule has 1 rings (SSSR count). The van der Waals surface area contributed by atoms with E-state index in [0.29, 0.717) is 18.5 Å². The van der Waals surface area contributed by atoms with Crippen LogP contribution in [-0.4, -0.2) is 63.1 Å². The number of nitrogens with zero attached hydrogens (tertiary/aromatic N) is 1. The van der Waals surface area contributed by atoms with Crippen LogP contribution in [0.5, 0.6) is 0 Å². The highest BCUT2D eigenvalue weighted by atomic mass is 16.5. The van der Waals surface area contributed by atoms with Gasteiger partial charge >= 0.3 is 0 Å². The fourth-order valence-corrected chi connectivity index (χ4v) is 2.07. The van der Waals surface area contributed by atoms with E-state index in [2.05, 4.69) is 12.2 Å². The van der Waals surface area contributed by atoms with E-state index in [9.17, 15) is 5.11 Å². The van der Waals surface area contributed by atoms with E-state index < -0.39 is 0 Å². The second-order valence-corrected chi connectivity index (χ2v) is 5.47. The van der Waals surface area contributed by atoms with Crippen molar-refractivity contribution in [1.29, 1.82) is 0 Å². The number of ether oxygens (including phenoxy) is 1. The molecule has 0 aromatic heterocycles. The van der Waals surface area contributed by atoms with E-state index in [0.717, 1.165) is 32.6 Å². The Kier molecular flexibility index (Phi) is 5.69. The molecular weight excluding hydrogens is 204 g/mol. The van der Waals surface area contributed by atoms with Crippen molar-refractivity contribution in [1.82, 2.24) is 10.2 Å². The van der Waals surface area contributed by atoms with Gasteiger partial charge in [0.2, 0.25) is 0 Å². The zero-order valence-electron chi connectivity index (χ0n) is 10.8. The van der Waals surface area contributed by atoms with Crippen molar-refractivity contribution in [3.05, 3.63) is 0 Å². The van der Waals surface area contributed by atoms with E-state index in [1.54, 1.807) is 0 Å². The highest BCUT2D eigenvalue weighted by Gasteiger charge is 2.26. The Morgan fingerprint density at radius 3 is 2.56 bits per heavy atom. The van der Waals surface area contributed by atoms with Gasteiger partial charge in [-0.05, 0) is 32.4 Å². The highest BCUT2D eigenvalue weighted by molar-refractivity contribution is 4.80. The minimum atomic E-state index is -0.279. The molecule has 1 fully saturated rings. The molecule has 0 aromatic rings. The van der Waals surface area contributed by atoms with Gasteiger partial charge in [0.15, 0.2) is 0 Å². The molecule has 4 heteroatoms. The van der Waals surface area contributed by atoms with E-state index in [4.69, 9.17) is 4.74 Å². The highest BCUT2D eigenvalue weighted by Crippen LogP contribution is 2.28. The normalized spacial score (nSPS) is 22.3. The SMILES string of the molecule is CN(C)CC(O)CNCC1(C)CCOCC1. The summed E-state index contributed by atoms with van der Waals surface area (Å²) in [4.78, 5) is 2.00. The first-order chi connectivity index (χ1) is 7.52. The molecule has 1 aliphatic heterocycles. The summed E-state index contributed by atoms with van der Waals surface area (Å²) in [6, 6.07) is 0. The Morgan fingerprint density at radius 2 is 2.00 bits per heavy atom. The standard InChI is InChI=1S/C12H26N2O2/c1-12(4-6-16-7-5-12)10-13-8-11(15)9-14(2)3/h11,13,15H,4-10H2,1-3H3. The van der Waals surface area contributed by atoms with Gasteiger partial charge in [-0.3, -0.25) is 0 Å². The predicted molar refractivity (Wildman–Crippen MR) is 65.6 cm³/mol. The van der Waals surface area contributed by atoms with Crippen LogP contribution in [0.4, 0.5) is 0 Å². The lowest BCUT2D eigenvalue weighted by molar-refractivity contribution is 0.0223. The summed E-state index contributed by atoms with van der Waals surface area (Å²) in [7, 11) is 3.95. The van der Waals surface area contributed by atoms with Crippen molar-refractivity contribution in [3.8, 4) is 0 Å². The van der Waals surface area contributed by atoms with Crippen LogP contribution in [0.3, 0.4) is 0 Å². The van der Waals surface area contributed by atoms with Crippen LogP contribution in [0, 0.1) is 5.41 Å². The van der Waals surface area contributed by atoms with Crippen LogP contribution in [0.2, 0.25) is 0 Å². The summed E-state index contributed by atoms with van der Waals surface area (Å²) in [5, 5.41) is 13.1. The molecule has 1 heterocycles. The number of rotatable bonds is 6. The minimum absolute atomic E-state index is 0.279. The molecule has 0 amide bonds. The third-order valence-corrected chi connectivity index (χ3v) is 3.21. The van der Waals surface area contributed by atoms with Crippen LogP contribution in [0.25, 0.3) is 0 Å². The van der Waals surface area contributed by atoms with Crippen LogP contribution < -0.4 is 5.32 Å². The molecule has 0 bridgehead atoms. The van der Waals surface area contributed by atoms with Gasteiger partial charge in [-0.2, -0.15) is 0 Å². The largest absolute Gasteiger partial charge is 0.390 e. The Bertz CT molecular complexity index is 191. The smallest absolute Gasteiger partial charge is 0.0791 e. The second-order valence-electron chi connectivity index (χ2n) is 5.47. The lowest BCUT2D eigenvalue weighted by Gasteiger charge is -2.34. The first-order valence-electron chi connectivity index (χ1n) is 6.13. The number of hydrogen-bond acceptors (Lipinski definition) is 4. The third kappa shape index (κ3) is 5.25. The van der Waals surface area contributed by atoms with Crippen LogP contribution in [0.15, 0.2) is 0 Å². The molecular formula is C12H26N2O2. The number of aliphatic hydroxyl groups excluding tert-OH is 1. The molecule has 1 aliphatic rings. The molecule has 96 valence electrons. The summed E-state index contributed by atoms with van der Waals surface area (Å²) in [6.45, 7) is 6.40. The molecule has 0 spiro atoms. The maximum Gasteiger partial charge on any atom is 0.0791 e. The van der Waals surface area contributed by atoms with Crippen molar-refractivity contribution in [2.24, 2.45) is 5.41 Å². The molecule has 0 aromatic carbocycles. The van der Waals surface area contributed by atoms with Gasteiger partial charge < -0.3 is 20.1 Å². The average Bonchev–Trinajstić information content (AvgIpc) is 2.17.